The van der Waals surface area contributed by atoms with Gasteiger partial charge in [-0.25, -0.2) is 0 Å². The molecule has 0 atom stereocenters. The summed E-state index contributed by atoms with van der Waals surface area (Å²) < 4.78 is 5.90. The highest BCUT2D eigenvalue weighted by Crippen LogP contribution is 2.23. The summed E-state index contributed by atoms with van der Waals surface area (Å²) in [5.41, 5.74) is 2.14. The predicted octanol–water partition coefficient (Wildman–Crippen LogP) is 6.22. The number of benzene rings is 4. The molecule has 0 unspecified atom stereocenters. The van der Waals surface area contributed by atoms with Crippen LogP contribution in [0.3, 0.4) is 0 Å². The third-order valence-electron chi connectivity index (χ3n) is 5.04. The second-order valence-electron chi connectivity index (χ2n) is 7.67. The van der Waals surface area contributed by atoms with Gasteiger partial charge in [-0.1, -0.05) is 72.3 Å². The van der Waals surface area contributed by atoms with Crippen LogP contribution in [0.4, 0.5) is 0 Å². The maximum absolute atomic E-state index is 13.1. The first-order valence-electron chi connectivity index (χ1n) is 11.0. The highest BCUT2D eigenvalue weighted by molar-refractivity contribution is 6.30. The molecule has 0 spiro atoms. The lowest BCUT2D eigenvalue weighted by atomic mass is 10.1. The summed E-state index contributed by atoms with van der Waals surface area (Å²) in [5, 5.41) is 6.12. The molecule has 2 N–H and O–H groups in total. The van der Waals surface area contributed by atoms with E-state index in [1.807, 2.05) is 78.9 Å². The zero-order valence-corrected chi connectivity index (χ0v) is 19.5. The van der Waals surface area contributed by atoms with E-state index in [1.165, 1.54) is 0 Å². The van der Waals surface area contributed by atoms with Crippen LogP contribution in [-0.2, 0) is 11.3 Å². The molecule has 5 nitrogen and oxygen atoms in total. The second kappa shape index (κ2) is 11.7. The van der Waals surface area contributed by atoms with Crippen LogP contribution >= 0.6 is 11.6 Å². The molecule has 0 aliphatic rings. The fourth-order valence-corrected chi connectivity index (χ4v) is 3.41. The molecule has 0 radical (unpaired) electrons. The smallest absolute Gasteiger partial charge is 0.268 e. The predicted molar refractivity (Wildman–Crippen MR) is 138 cm³/mol. The molecule has 0 fully saturated rings. The van der Waals surface area contributed by atoms with Crippen molar-refractivity contribution in [1.29, 1.82) is 0 Å². The summed E-state index contributed by atoms with van der Waals surface area (Å²) in [7, 11) is 0. The largest absolute Gasteiger partial charge is 0.457 e. The Morgan fingerprint density at radius 3 is 2.14 bits per heavy atom. The second-order valence-corrected chi connectivity index (χ2v) is 8.11. The first-order chi connectivity index (χ1) is 17.1. The number of rotatable bonds is 8. The van der Waals surface area contributed by atoms with Crippen molar-refractivity contribution in [3.05, 3.63) is 137 Å². The fraction of sp³-hybridized carbons (Fsp3) is 0.0345. The minimum Gasteiger partial charge on any atom is -0.457 e. The molecule has 35 heavy (non-hydrogen) atoms. The van der Waals surface area contributed by atoms with Gasteiger partial charge in [0.25, 0.3) is 11.8 Å². The Kier molecular flexibility index (Phi) is 7.94. The molecule has 0 aliphatic heterocycles. The highest BCUT2D eigenvalue weighted by Gasteiger charge is 2.15. The SMILES string of the molecule is O=C(NCc1ccccc1)/C(=C/c1cccc(Oc2ccccc2)c1)NC(=O)c1ccc(Cl)cc1. The molecule has 174 valence electrons. The van der Waals surface area contributed by atoms with Crippen molar-refractivity contribution in [2.45, 2.75) is 6.54 Å². The average Bonchev–Trinajstić information content (AvgIpc) is 2.88. The summed E-state index contributed by atoms with van der Waals surface area (Å²) >= 11 is 5.93. The molecule has 0 aliphatic carbocycles. The van der Waals surface area contributed by atoms with Crippen molar-refractivity contribution in [3.8, 4) is 11.5 Å². The van der Waals surface area contributed by atoms with Crippen molar-refractivity contribution in [2.75, 3.05) is 0 Å². The fourth-order valence-electron chi connectivity index (χ4n) is 3.29. The molecule has 4 rings (SSSR count). The van der Waals surface area contributed by atoms with E-state index in [0.717, 1.165) is 5.56 Å². The van der Waals surface area contributed by atoms with Gasteiger partial charge in [-0.2, -0.15) is 0 Å². The van der Waals surface area contributed by atoms with Gasteiger partial charge in [-0.15, -0.1) is 0 Å². The molecule has 4 aromatic rings. The third-order valence-corrected chi connectivity index (χ3v) is 5.30. The van der Waals surface area contributed by atoms with Crippen LogP contribution in [0.2, 0.25) is 5.02 Å². The van der Waals surface area contributed by atoms with Crippen molar-refractivity contribution < 1.29 is 14.3 Å². The first kappa shape index (κ1) is 23.8. The number of halogens is 1. The van der Waals surface area contributed by atoms with E-state index in [1.54, 1.807) is 36.4 Å². The molecular formula is C29H23ClN2O3. The van der Waals surface area contributed by atoms with Gasteiger partial charge in [0, 0.05) is 17.1 Å². The molecule has 6 heteroatoms. The van der Waals surface area contributed by atoms with Gasteiger partial charge in [0.1, 0.15) is 17.2 Å². The summed E-state index contributed by atoms with van der Waals surface area (Å²) in [6.45, 7) is 0.324. The number of carbonyl (C=O) groups excluding carboxylic acids is 2. The number of hydrogen-bond donors (Lipinski definition) is 2. The Morgan fingerprint density at radius 1 is 0.771 bits per heavy atom. The number of nitrogens with one attached hydrogen (secondary N) is 2. The van der Waals surface area contributed by atoms with Gasteiger partial charge in [0.2, 0.25) is 0 Å². The monoisotopic (exact) mass is 482 g/mol. The number of para-hydroxylation sites is 1. The van der Waals surface area contributed by atoms with E-state index in [9.17, 15) is 9.59 Å². The van der Waals surface area contributed by atoms with Gasteiger partial charge in [-0.05, 0) is 65.7 Å². The van der Waals surface area contributed by atoms with Gasteiger partial charge >= 0.3 is 0 Å². The van der Waals surface area contributed by atoms with Crippen molar-refractivity contribution in [2.24, 2.45) is 0 Å². The van der Waals surface area contributed by atoms with Crippen LogP contribution in [0, 0.1) is 0 Å². The Balaban J connectivity index is 1.57. The van der Waals surface area contributed by atoms with E-state index in [0.29, 0.717) is 34.2 Å². The first-order valence-corrected chi connectivity index (χ1v) is 11.4. The number of hydrogen-bond acceptors (Lipinski definition) is 3. The molecule has 2 amide bonds. The number of ether oxygens (including phenoxy) is 1. The average molecular weight is 483 g/mol. The lowest BCUT2D eigenvalue weighted by molar-refractivity contribution is -0.117. The van der Waals surface area contributed by atoms with Gasteiger partial charge in [0.15, 0.2) is 0 Å². The van der Waals surface area contributed by atoms with Crippen molar-refractivity contribution in [1.82, 2.24) is 10.6 Å². The summed E-state index contributed by atoms with van der Waals surface area (Å²) in [6, 6.07) is 32.7. The van der Waals surface area contributed by atoms with Crippen LogP contribution in [0.1, 0.15) is 21.5 Å². The quantitative estimate of drug-likeness (QED) is 0.293. The normalized spacial score (nSPS) is 10.9. The van der Waals surface area contributed by atoms with Gasteiger partial charge in [0.05, 0.1) is 0 Å². The highest BCUT2D eigenvalue weighted by atomic mass is 35.5. The third kappa shape index (κ3) is 7.06. The standard InChI is InChI=1S/C29H23ClN2O3/c30-24-16-14-23(15-17-24)28(33)32-27(29(34)31-20-21-8-3-1-4-9-21)19-22-10-7-13-26(18-22)35-25-11-5-2-6-12-25/h1-19H,20H2,(H,31,34)(H,32,33)/b27-19-. The van der Waals surface area contributed by atoms with Crippen LogP contribution in [0.5, 0.6) is 11.5 Å². The van der Waals surface area contributed by atoms with Gasteiger partial charge < -0.3 is 15.4 Å². The maximum atomic E-state index is 13.1. The van der Waals surface area contributed by atoms with Crippen LogP contribution < -0.4 is 15.4 Å². The van der Waals surface area contributed by atoms with Crippen molar-refractivity contribution in [3.63, 3.8) is 0 Å². The molecule has 4 aromatic carbocycles. The molecule has 0 heterocycles. The minimum atomic E-state index is -0.417. The minimum absolute atomic E-state index is 0.109. The van der Waals surface area contributed by atoms with Crippen LogP contribution in [0.15, 0.2) is 115 Å². The van der Waals surface area contributed by atoms with E-state index >= 15 is 0 Å². The Hall–Kier alpha value is -4.35. The van der Waals surface area contributed by atoms with Gasteiger partial charge in [-0.3, -0.25) is 9.59 Å². The summed E-state index contributed by atoms with van der Waals surface area (Å²) in [6.07, 6.45) is 1.62. The van der Waals surface area contributed by atoms with E-state index in [2.05, 4.69) is 10.6 Å². The molecule has 0 aromatic heterocycles. The Labute approximate surface area is 209 Å². The Morgan fingerprint density at radius 2 is 1.43 bits per heavy atom. The van der Waals surface area contributed by atoms with E-state index < -0.39 is 11.8 Å². The topological polar surface area (TPSA) is 67.4 Å². The molecule has 0 bridgehead atoms. The van der Waals surface area contributed by atoms with E-state index in [4.69, 9.17) is 16.3 Å². The molecule has 0 saturated heterocycles. The number of amides is 2. The zero-order chi connectivity index (χ0) is 24.5. The Bertz CT molecular complexity index is 1320. The zero-order valence-electron chi connectivity index (χ0n) is 18.8. The lowest BCUT2D eigenvalue weighted by Crippen LogP contribution is -2.34. The van der Waals surface area contributed by atoms with Crippen LogP contribution in [-0.4, -0.2) is 11.8 Å². The maximum Gasteiger partial charge on any atom is 0.268 e. The molecule has 0 saturated carbocycles. The molecular weight excluding hydrogens is 460 g/mol. The van der Waals surface area contributed by atoms with E-state index in [-0.39, 0.29) is 5.70 Å². The lowest BCUT2D eigenvalue weighted by Gasteiger charge is -2.12. The summed E-state index contributed by atoms with van der Waals surface area (Å²) in [4.78, 5) is 25.9. The van der Waals surface area contributed by atoms with Crippen LogP contribution in [0.25, 0.3) is 6.08 Å². The number of carbonyl (C=O) groups is 2. The summed E-state index contributed by atoms with van der Waals surface area (Å²) in [5.74, 6) is 0.480. The van der Waals surface area contributed by atoms with Crippen molar-refractivity contribution >= 4 is 29.5 Å².